The van der Waals surface area contributed by atoms with E-state index in [1.54, 1.807) is 12.1 Å². The van der Waals surface area contributed by atoms with Gasteiger partial charge in [0.15, 0.2) is 0 Å². The molecule has 1 atom stereocenters. The van der Waals surface area contributed by atoms with Crippen molar-refractivity contribution in [1.29, 1.82) is 0 Å². The summed E-state index contributed by atoms with van der Waals surface area (Å²) in [6, 6.07) is 6.22. The molecule has 4 N–H and O–H groups in total. The molecule has 7 nitrogen and oxygen atoms in total. The molecule has 0 aliphatic heterocycles. The number of rotatable bonds is 5. The molecule has 1 heterocycles. The van der Waals surface area contributed by atoms with Gasteiger partial charge in [-0.3, -0.25) is 14.6 Å². The minimum atomic E-state index is -1.09. The van der Waals surface area contributed by atoms with Gasteiger partial charge in [0.05, 0.1) is 17.2 Å². The molecule has 7 heteroatoms. The fourth-order valence-electron chi connectivity index (χ4n) is 1.62. The molecule has 104 valence electrons. The third-order valence-electron chi connectivity index (χ3n) is 2.74. The average Bonchev–Trinajstić information content (AvgIpc) is 2.46. The second-order valence-electron chi connectivity index (χ2n) is 4.23. The highest BCUT2D eigenvalue weighted by atomic mass is 16.4. The molecule has 0 fully saturated rings. The van der Waals surface area contributed by atoms with E-state index in [4.69, 9.17) is 10.8 Å². The van der Waals surface area contributed by atoms with Crippen molar-refractivity contribution in [2.24, 2.45) is 5.73 Å². The standard InChI is InChI=1S/C13H14N4O3/c14-8(13(19)20)5-6-15-12(18)11-7-16-9-3-1-2-4-10(9)17-11/h1-4,7-8H,5-6,14H2,(H,15,18)(H,19,20). The van der Waals surface area contributed by atoms with Crippen molar-refractivity contribution < 1.29 is 14.7 Å². The topological polar surface area (TPSA) is 118 Å². The van der Waals surface area contributed by atoms with Crippen molar-refractivity contribution in [2.45, 2.75) is 12.5 Å². The fourth-order valence-corrected chi connectivity index (χ4v) is 1.62. The Balaban J connectivity index is 1.99. The predicted molar refractivity (Wildman–Crippen MR) is 72.1 cm³/mol. The number of nitrogens with two attached hydrogens (primary N) is 1. The summed E-state index contributed by atoms with van der Waals surface area (Å²) < 4.78 is 0. The van der Waals surface area contributed by atoms with Gasteiger partial charge in [-0.1, -0.05) is 12.1 Å². The van der Waals surface area contributed by atoms with Crippen molar-refractivity contribution in [2.75, 3.05) is 6.54 Å². The molecule has 0 aliphatic rings. The summed E-state index contributed by atoms with van der Waals surface area (Å²) in [6.45, 7) is 0.167. The summed E-state index contributed by atoms with van der Waals surface area (Å²) in [7, 11) is 0. The Labute approximate surface area is 114 Å². The van der Waals surface area contributed by atoms with Gasteiger partial charge in [0.25, 0.3) is 5.91 Å². The molecular formula is C13H14N4O3. The number of aliphatic carboxylic acids is 1. The maximum absolute atomic E-state index is 11.8. The van der Waals surface area contributed by atoms with Crippen LogP contribution >= 0.6 is 0 Å². The van der Waals surface area contributed by atoms with Crippen LogP contribution in [-0.2, 0) is 4.79 Å². The molecule has 1 amide bonds. The SMILES string of the molecule is NC(CCNC(=O)c1cnc2ccccc2n1)C(=O)O. The van der Waals surface area contributed by atoms with Gasteiger partial charge < -0.3 is 16.2 Å². The number of amides is 1. The number of para-hydroxylation sites is 2. The van der Waals surface area contributed by atoms with Crippen LogP contribution in [0, 0.1) is 0 Å². The van der Waals surface area contributed by atoms with Crippen LogP contribution in [0.2, 0.25) is 0 Å². The second kappa shape index (κ2) is 6.07. The highest BCUT2D eigenvalue weighted by molar-refractivity contribution is 5.93. The monoisotopic (exact) mass is 274 g/mol. The number of carbonyl (C=O) groups excluding carboxylic acids is 1. The molecule has 0 aliphatic carbocycles. The zero-order valence-corrected chi connectivity index (χ0v) is 10.6. The molecule has 1 aromatic heterocycles. The van der Waals surface area contributed by atoms with Gasteiger partial charge in [-0.05, 0) is 18.6 Å². The van der Waals surface area contributed by atoms with Crippen LogP contribution in [0.15, 0.2) is 30.5 Å². The molecule has 1 unspecified atom stereocenters. The van der Waals surface area contributed by atoms with E-state index in [-0.39, 0.29) is 18.7 Å². The van der Waals surface area contributed by atoms with Crippen LogP contribution in [0.1, 0.15) is 16.9 Å². The van der Waals surface area contributed by atoms with Crippen molar-refractivity contribution in [3.05, 3.63) is 36.2 Å². The third kappa shape index (κ3) is 3.27. The Morgan fingerprint density at radius 3 is 2.70 bits per heavy atom. The minimum Gasteiger partial charge on any atom is -0.480 e. The van der Waals surface area contributed by atoms with Gasteiger partial charge in [0.1, 0.15) is 11.7 Å². The molecule has 0 bridgehead atoms. The Morgan fingerprint density at radius 2 is 2.00 bits per heavy atom. The fraction of sp³-hybridized carbons (Fsp3) is 0.231. The molecule has 0 spiro atoms. The van der Waals surface area contributed by atoms with Crippen LogP contribution in [-0.4, -0.2) is 39.5 Å². The normalized spacial score (nSPS) is 12.1. The first-order valence-electron chi connectivity index (χ1n) is 6.06. The van der Waals surface area contributed by atoms with Crippen molar-refractivity contribution in [3.8, 4) is 0 Å². The third-order valence-corrected chi connectivity index (χ3v) is 2.74. The molecule has 0 saturated heterocycles. The number of fused-ring (bicyclic) bond motifs is 1. The van der Waals surface area contributed by atoms with Crippen LogP contribution in [0.4, 0.5) is 0 Å². The average molecular weight is 274 g/mol. The molecule has 2 aromatic rings. The largest absolute Gasteiger partial charge is 0.480 e. The van der Waals surface area contributed by atoms with E-state index in [0.29, 0.717) is 11.0 Å². The lowest BCUT2D eigenvalue weighted by molar-refractivity contribution is -0.138. The van der Waals surface area contributed by atoms with Gasteiger partial charge in [-0.15, -0.1) is 0 Å². The van der Waals surface area contributed by atoms with Crippen LogP contribution in [0.25, 0.3) is 11.0 Å². The zero-order chi connectivity index (χ0) is 14.5. The van der Waals surface area contributed by atoms with Crippen molar-refractivity contribution in [1.82, 2.24) is 15.3 Å². The first-order chi connectivity index (χ1) is 9.58. The minimum absolute atomic E-state index is 0.155. The molecule has 0 saturated carbocycles. The Morgan fingerprint density at radius 1 is 1.30 bits per heavy atom. The van der Waals surface area contributed by atoms with Gasteiger partial charge in [0.2, 0.25) is 0 Å². The van der Waals surface area contributed by atoms with Gasteiger partial charge in [-0.25, -0.2) is 4.98 Å². The lowest BCUT2D eigenvalue weighted by Gasteiger charge is -2.07. The zero-order valence-electron chi connectivity index (χ0n) is 10.6. The number of aromatic nitrogens is 2. The first-order valence-corrected chi connectivity index (χ1v) is 6.06. The quantitative estimate of drug-likeness (QED) is 0.714. The predicted octanol–water partition coefficient (Wildman–Crippen LogP) is 0.162. The Bertz CT molecular complexity index is 644. The Hall–Kier alpha value is -2.54. The Kier molecular flexibility index (Phi) is 4.21. The molecule has 0 radical (unpaired) electrons. The summed E-state index contributed by atoms with van der Waals surface area (Å²) in [5.41, 5.74) is 6.86. The summed E-state index contributed by atoms with van der Waals surface area (Å²) in [5.74, 6) is -1.49. The van der Waals surface area contributed by atoms with E-state index in [0.717, 1.165) is 0 Å². The lowest BCUT2D eigenvalue weighted by atomic mass is 10.2. The number of nitrogens with zero attached hydrogens (tertiary/aromatic N) is 2. The number of benzene rings is 1. The number of carboxylic acids is 1. The van der Waals surface area contributed by atoms with E-state index in [2.05, 4.69) is 15.3 Å². The molecular weight excluding hydrogens is 260 g/mol. The van der Waals surface area contributed by atoms with Crippen molar-refractivity contribution >= 4 is 22.9 Å². The summed E-state index contributed by atoms with van der Waals surface area (Å²) in [4.78, 5) is 30.7. The number of carboxylic acid groups (broad SMARTS) is 1. The summed E-state index contributed by atoms with van der Waals surface area (Å²) >= 11 is 0. The highest BCUT2D eigenvalue weighted by Gasteiger charge is 2.13. The lowest BCUT2D eigenvalue weighted by Crippen LogP contribution is -2.35. The second-order valence-corrected chi connectivity index (χ2v) is 4.23. The van der Waals surface area contributed by atoms with Crippen LogP contribution < -0.4 is 11.1 Å². The summed E-state index contributed by atoms with van der Waals surface area (Å²) in [5, 5.41) is 11.2. The van der Waals surface area contributed by atoms with Crippen molar-refractivity contribution in [3.63, 3.8) is 0 Å². The number of hydrogen-bond donors (Lipinski definition) is 3. The number of hydrogen-bond acceptors (Lipinski definition) is 5. The van der Waals surface area contributed by atoms with Crippen LogP contribution in [0.5, 0.6) is 0 Å². The van der Waals surface area contributed by atoms with Crippen LogP contribution in [0.3, 0.4) is 0 Å². The highest BCUT2D eigenvalue weighted by Crippen LogP contribution is 2.08. The van der Waals surface area contributed by atoms with Gasteiger partial charge in [-0.2, -0.15) is 0 Å². The van der Waals surface area contributed by atoms with E-state index in [9.17, 15) is 9.59 Å². The maximum atomic E-state index is 11.8. The first kappa shape index (κ1) is 13.9. The molecule has 2 rings (SSSR count). The van der Waals surface area contributed by atoms with E-state index in [1.807, 2.05) is 12.1 Å². The van der Waals surface area contributed by atoms with E-state index >= 15 is 0 Å². The van der Waals surface area contributed by atoms with E-state index in [1.165, 1.54) is 6.20 Å². The molecule has 1 aromatic carbocycles. The number of carbonyl (C=O) groups is 2. The number of nitrogens with one attached hydrogen (secondary N) is 1. The maximum Gasteiger partial charge on any atom is 0.320 e. The molecule has 20 heavy (non-hydrogen) atoms. The smallest absolute Gasteiger partial charge is 0.320 e. The van der Waals surface area contributed by atoms with E-state index < -0.39 is 17.9 Å². The summed E-state index contributed by atoms with van der Waals surface area (Å²) in [6.07, 6.45) is 1.54. The van der Waals surface area contributed by atoms with Gasteiger partial charge in [0, 0.05) is 6.54 Å². The van der Waals surface area contributed by atoms with Gasteiger partial charge >= 0.3 is 5.97 Å².